The van der Waals surface area contributed by atoms with E-state index in [1.54, 1.807) is 24.5 Å². The second kappa shape index (κ2) is 5.53. The predicted molar refractivity (Wildman–Crippen MR) is 81.6 cm³/mol. The molecule has 0 saturated carbocycles. The summed E-state index contributed by atoms with van der Waals surface area (Å²) in [4.78, 5) is 30.9. The monoisotopic (exact) mass is 314 g/mol. The molecule has 0 atom stereocenters. The van der Waals surface area contributed by atoms with Gasteiger partial charge in [-0.15, -0.1) is 0 Å². The maximum Gasteiger partial charge on any atom is 0.356 e. The van der Waals surface area contributed by atoms with Crippen molar-refractivity contribution in [1.82, 2.24) is 9.97 Å². The van der Waals surface area contributed by atoms with Crippen molar-refractivity contribution in [2.45, 2.75) is 9.79 Å². The number of carboxylic acid groups (broad SMARTS) is 1. The fourth-order valence-corrected chi connectivity index (χ4v) is 2.90. The van der Waals surface area contributed by atoms with Gasteiger partial charge in [0, 0.05) is 27.6 Å². The number of pyridine rings is 2. The second-order valence-electron chi connectivity index (χ2n) is 4.48. The Morgan fingerprint density at radius 2 is 1.82 bits per heavy atom. The molecule has 110 valence electrons. The number of aromatic carboxylic acids is 1. The van der Waals surface area contributed by atoms with Crippen LogP contribution in [0.2, 0.25) is 0 Å². The third kappa shape index (κ3) is 2.53. The Morgan fingerprint density at radius 3 is 2.50 bits per heavy atom. The van der Waals surface area contributed by atoms with Gasteiger partial charge in [0.05, 0.1) is 5.39 Å². The molecule has 2 heterocycles. The van der Waals surface area contributed by atoms with E-state index in [-0.39, 0.29) is 10.8 Å². The van der Waals surface area contributed by atoms with Crippen LogP contribution in [0, 0.1) is 0 Å². The Kier molecular flexibility index (Phi) is 3.56. The van der Waals surface area contributed by atoms with Gasteiger partial charge in [0.25, 0.3) is 5.56 Å². The molecule has 0 radical (unpaired) electrons. The first-order valence-corrected chi connectivity index (χ1v) is 7.08. The van der Waals surface area contributed by atoms with E-state index >= 15 is 0 Å². The first kappa shape index (κ1) is 14.2. The highest BCUT2D eigenvalue weighted by Crippen LogP contribution is 2.32. The largest absolute Gasteiger partial charge is 0.505 e. The standard InChI is InChI=1S/C15H10N2O4S/c18-13-10-2-1-9(22-8-3-5-16-6-4-8)7-11(10)14(19)17-12(13)15(20)21/h1-7,18H,(H,17,19)(H,20,21). The predicted octanol–water partition coefficient (Wildman–Crippen LogP) is 2.48. The number of benzene rings is 1. The normalized spacial score (nSPS) is 10.7. The van der Waals surface area contributed by atoms with Gasteiger partial charge in [-0.25, -0.2) is 4.79 Å². The molecule has 0 aliphatic rings. The molecule has 0 spiro atoms. The number of nitrogens with zero attached hydrogens (tertiary/aromatic N) is 1. The van der Waals surface area contributed by atoms with Gasteiger partial charge < -0.3 is 15.2 Å². The lowest BCUT2D eigenvalue weighted by Crippen LogP contribution is -2.13. The lowest BCUT2D eigenvalue weighted by molar-refractivity contribution is 0.0687. The highest BCUT2D eigenvalue weighted by Gasteiger charge is 2.16. The molecular weight excluding hydrogens is 304 g/mol. The van der Waals surface area contributed by atoms with Gasteiger partial charge in [-0.3, -0.25) is 9.78 Å². The van der Waals surface area contributed by atoms with Gasteiger partial charge in [0.2, 0.25) is 0 Å². The van der Waals surface area contributed by atoms with E-state index < -0.39 is 23.0 Å². The molecule has 0 amide bonds. The fourth-order valence-electron chi connectivity index (χ4n) is 2.05. The number of carboxylic acids is 1. The van der Waals surface area contributed by atoms with Crippen molar-refractivity contribution in [3.8, 4) is 5.75 Å². The number of hydrogen-bond donors (Lipinski definition) is 3. The molecule has 3 rings (SSSR count). The zero-order chi connectivity index (χ0) is 15.7. The lowest BCUT2D eigenvalue weighted by atomic mass is 10.1. The number of hydrogen-bond acceptors (Lipinski definition) is 5. The van der Waals surface area contributed by atoms with Crippen molar-refractivity contribution in [3.63, 3.8) is 0 Å². The van der Waals surface area contributed by atoms with Crippen LogP contribution < -0.4 is 5.56 Å². The summed E-state index contributed by atoms with van der Waals surface area (Å²) < 4.78 is 0. The van der Waals surface area contributed by atoms with Crippen LogP contribution in [0.25, 0.3) is 10.8 Å². The SMILES string of the molecule is O=C(O)c1[nH]c(=O)c2cc(Sc3ccncc3)ccc2c1O. The molecule has 0 aliphatic carbocycles. The van der Waals surface area contributed by atoms with Crippen LogP contribution >= 0.6 is 11.8 Å². The van der Waals surface area contributed by atoms with Crippen molar-refractivity contribution in [2.24, 2.45) is 0 Å². The minimum atomic E-state index is -1.38. The first-order chi connectivity index (χ1) is 10.6. The summed E-state index contributed by atoms with van der Waals surface area (Å²) in [7, 11) is 0. The second-order valence-corrected chi connectivity index (χ2v) is 5.62. The summed E-state index contributed by atoms with van der Waals surface area (Å²) in [6, 6.07) is 8.55. The van der Waals surface area contributed by atoms with E-state index in [9.17, 15) is 14.7 Å². The highest BCUT2D eigenvalue weighted by molar-refractivity contribution is 7.99. The minimum absolute atomic E-state index is 0.209. The van der Waals surface area contributed by atoms with E-state index in [2.05, 4.69) is 9.97 Å². The topological polar surface area (TPSA) is 103 Å². The van der Waals surface area contributed by atoms with Crippen LogP contribution in [-0.2, 0) is 0 Å². The molecule has 0 unspecified atom stereocenters. The van der Waals surface area contributed by atoms with Crippen LogP contribution in [0.3, 0.4) is 0 Å². The average Bonchev–Trinajstić information content (AvgIpc) is 2.51. The van der Waals surface area contributed by atoms with Crippen LogP contribution in [0.5, 0.6) is 5.75 Å². The zero-order valence-electron chi connectivity index (χ0n) is 11.1. The van der Waals surface area contributed by atoms with E-state index in [0.717, 1.165) is 9.79 Å². The fraction of sp³-hybridized carbons (Fsp3) is 0. The smallest absolute Gasteiger partial charge is 0.356 e. The van der Waals surface area contributed by atoms with Gasteiger partial charge in [-0.05, 0) is 30.3 Å². The quantitative estimate of drug-likeness (QED) is 0.686. The third-order valence-corrected chi connectivity index (χ3v) is 4.06. The Labute approximate surface area is 128 Å². The van der Waals surface area contributed by atoms with Gasteiger partial charge in [-0.1, -0.05) is 11.8 Å². The van der Waals surface area contributed by atoms with Crippen molar-refractivity contribution < 1.29 is 15.0 Å². The number of fused-ring (bicyclic) bond motifs is 1. The summed E-state index contributed by atoms with van der Waals surface area (Å²) in [5.74, 6) is -1.82. The number of carbonyl (C=O) groups is 1. The van der Waals surface area contributed by atoms with Gasteiger partial charge in [0.1, 0.15) is 0 Å². The van der Waals surface area contributed by atoms with Crippen LogP contribution in [0.1, 0.15) is 10.5 Å². The lowest BCUT2D eigenvalue weighted by Gasteiger charge is -2.06. The van der Waals surface area contributed by atoms with E-state index in [1.807, 2.05) is 12.1 Å². The Balaban J connectivity index is 2.11. The number of nitrogens with one attached hydrogen (secondary N) is 1. The molecule has 2 aromatic heterocycles. The molecular formula is C15H10N2O4S. The Morgan fingerprint density at radius 1 is 1.09 bits per heavy atom. The van der Waals surface area contributed by atoms with Crippen LogP contribution in [0.15, 0.2) is 57.3 Å². The maximum absolute atomic E-state index is 12.0. The molecule has 6 nitrogen and oxygen atoms in total. The van der Waals surface area contributed by atoms with Crippen molar-refractivity contribution in [2.75, 3.05) is 0 Å². The van der Waals surface area contributed by atoms with E-state index in [0.29, 0.717) is 0 Å². The Hall–Kier alpha value is -2.80. The molecule has 0 bridgehead atoms. The highest BCUT2D eigenvalue weighted by atomic mass is 32.2. The number of rotatable bonds is 3. The number of aromatic hydroxyl groups is 1. The third-order valence-electron chi connectivity index (χ3n) is 3.07. The average molecular weight is 314 g/mol. The zero-order valence-corrected chi connectivity index (χ0v) is 11.9. The van der Waals surface area contributed by atoms with Gasteiger partial charge >= 0.3 is 5.97 Å². The minimum Gasteiger partial charge on any atom is -0.505 e. The van der Waals surface area contributed by atoms with Gasteiger partial charge in [-0.2, -0.15) is 0 Å². The van der Waals surface area contributed by atoms with Crippen molar-refractivity contribution in [1.29, 1.82) is 0 Å². The summed E-state index contributed by atoms with van der Waals surface area (Å²) in [5.41, 5.74) is -1.06. The molecule has 3 N–H and O–H groups in total. The van der Waals surface area contributed by atoms with Gasteiger partial charge in [0.15, 0.2) is 11.4 Å². The molecule has 0 fully saturated rings. The summed E-state index contributed by atoms with van der Waals surface area (Å²) in [6.45, 7) is 0. The molecule has 3 aromatic rings. The summed E-state index contributed by atoms with van der Waals surface area (Å²) >= 11 is 1.44. The van der Waals surface area contributed by atoms with Crippen molar-refractivity contribution >= 4 is 28.5 Å². The first-order valence-electron chi connectivity index (χ1n) is 6.26. The van der Waals surface area contributed by atoms with E-state index in [4.69, 9.17) is 5.11 Å². The van der Waals surface area contributed by atoms with E-state index in [1.165, 1.54) is 17.8 Å². The molecule has 7 heteroatoms. The number of H-pyrrole nitrogens is 1. The number of aromatic amines is 1. The van der Waals surface area contributed by atoms with Crippen LogP contribution in [0.4, 0.5) is 0 Å². The molecule has 22 heavy (non-hydrogen) atoms. The molecule has 0 saturated heterocycles. The molecule has 0 aliphatic heterocycles. The van der Waals surface area contributed by atoms with Crippen molar-refractivity contribution in [3.05, 3.63) is 58.8 Å². The maximum atomic E-state index is 12.0. The Bertz CT molecular complexity index is 922. The summed E-state index contributed by atoms with van der Waals surface area (Å²) in [6.07, 6.45) is 3.34. The van der Waals surface area contributed by atoms with Crippen LogP contribution in [-0.4, -0.2) is 26.2 Å². The molecule has 1 aromatic carbocycles. The summed E-state index contributed by atoms with van der Waals surface area (Å²) in [5, 5.41) is 19.4. The number of aromatic nitrogens is 2.